The molecule has 18 heavy (non-hydrogen) atoms. The molecular formula is C11H13FN2O4. The summed E-state index contributed by atoms with van der Waals surface area (Å²) in [6.45, 7) is 0.187. The van der Waals surface area contributed by atoms with Crippen LogP contribution >= 0.6 is 0 Å². The molecule has 1 aromatic rings. The molecule has 0 bridgehead atoms. The molecule has 0 atom stereocenters. The van der Waals surface area contributed by atoms with Gasteiger partial charge in [-0.05, 0) is 18.6 Å². The number of hydrogen-bond donors (Lipinski definition) is 1. The van der Waals surface area contributed by atoms with Crippen molar-refractivity contribution >= 4 is 11.6 Å². The summed E-state index contributed by atoms with van der Waals surface area (Å²) in [7, 11) is 1.46. The molecule has 7 heteroatoms. The zero-order chi connectivity index (χ0) is 13.7. The number of halogens is 1. The molecule has 6 nitrogen and oxygen atoms in total. The third kappa shape index (κ3) is 3.24. The molecule has 0 aliphatic heterocycles. The van der Waals surface area contributed by atoms with E-state index in [2.05, 4.69) is 0 Å². The van der Waals surface area contributed by atoms with Gasteiger partial charge >= 0.3 is 0 Å². The van der Waals surface area contributed by atoms with Gasteiger partial charge in [0, 0.05) is 20.2 Å². The summed E-state index contributed by atoms with van der Waals surface area (Å²) < 4.78 is 12.9. The SMILES string of the molecule is CN(CCCO)C(=O)c1ccc(F)cc1[N+](=O)[O-]. The first kappa shape index (κ1) is 14.0. The van der Waals surface area contributed by atoms with E-state index in [0.29, 0.717) is 12.5 Å². The van der Waals surface area contributed by atoms with E-state index >= 15 is 0 Å². The topological polar surface area (TPSA) is 83.7 Å². The molecule has 1 aromatic carbocycles. The Morgan fingerprint density at radius 1 is 1.56 bits per heavy atom. The van der Waals surface area contributed by atoms with E-state index in [0.717, 1.165) is 12.1 Å². The van der Waals surface area contributed by atoms with Gasteiger partial charge in [-0.3, -0.25) is 14.9 Å². The van der Waals surface area contributed by atoms with Gasteiger partial charge in [-0.1, -0.05) is 0 Å². The minimum atomic E-state index is -0.795. The van der Waals surface area contributed by atoms with Gasteiger partial charge in [0.25, 0.3) is 11.6 Å². The second kappa shape index (κ2) is 6.06. The van der Waals surface area contributed by atoms with Crippen LogP contribution in [0.4, 0.5) is 10.1 Å². The maximum atomic E-state index is 12.9. The first-order valence-electron chi connectivity index (χ1n) is 5.27. The van der Waals surface area contributed by atoms with E-state index in [1.165, 1.54) is 11.9 Å². The van der Waals surface area contributed by atoms with E-state index in [-0.39, 0.29) is 18.7 Å². The van der Waals surface area contributed by atoms with Crippen molar-refractivity contribution < 1.29 is 19.2 Å². The largest absolute Gasteiger partial charge is 0.396 e. The Hall–Kier alpha value is -2.02. The van der Waals surface area contributed by atoms with Gasteiger partial charge in [-0.2, -0.15) is 0 Å². The molecule has 0 heterocycles. The van der Waals surface area contributed by atoms with Gasteiger partial charge in [0.1, 0.15) is 11.4 Å². The highest BCUT2D eigenvalue weighted by atomic mass is 19.1. The first-order valence-corrected chi connectivity index (χ1v) is 5.27. The lowest BCUT2D eigenvalue weighted by Gasteiger charge is -2.16. The minimum absolute atomic E-state index is 0.0802. The number of nitro benzene ring substituents is 1. The molecule has 0 unspecified atom stereocenters. The highest BCUT2D eigenvalue weighted by Gasteiger charge is 2.23. The van der Waals surface area contributed by atoms with Crippen LogP contribution < -0.4 is 0 Å². The Morgan fingerprint density at radius 3 is 2.78 bits per heavy atom. The number of amides is 1. The quantitative estimate of drug-likeness (QED) is 0.633. The van der Waals surface area contributed by atoms with Crippen molar-refractivity contribution in [2.75, 3.05) is 20.2 Å². The van der Waals surface area contributed by atoms with Crippen LogP contribution in [0.2, 0.25) is 0 Å². The lowest BCUT2D eigenvalue weighted by atomic mass is 10.1. The fraction of sp³-hybridized carbons (Fsp3) is 0.364. The molecule has 0 fully saturated rings. The molecule has 0 aliphatic rings. The summed E-state index contributed by atoms with van der Waals surface area (Å²) in [4.78, 5) is 23.1. The van der Waals surface area contributed by atoms with E-state index < -0.39 is 22.3 Å². The Balaban J connectivity index is 3.01. The van der Waals surface area contributed by atoms with Crippen molar-refractivity contribution in [1.29, 1.82) is 0 Å². The Morgan fingerprint density at radius 2 is 2.22 bits per heavy atom. The van der Waals surface area contributed by atoms with E-state index in [9.17, 15) is 19.3 Å². The number of aliphatic hydroxyl groups excluding tert-OH is 1. The lowest BCUT2D eigenvalue weighted by molar-refractivity contribution is -0.385. The monoisotopic (exact) mass is 256 g/mol. The molecule has 1 N–H and O–H groups in total. The molecule has 0 saturated heterocycles. The smallest absolute Gasteiger partial charge is 0.285 e. The van der Waals surface area contributed by atoms with Crippen LogP contribution in [0.1, 0.15) is 16.8 Å². The van der Waals surface area contributed by atoms with Gasteiger partial charge in [0.05, 0.1) is 11.0 Å². The van der Waals surface area contributed by atoms with Crippen LogP contribution in [0.15, 0.2) is 18.2 Å². The molecule has 1 amide bonds. The average Bonchev–Trinajstić information content (AvgIpc) is 2.34. The van der Waals surface area contributed by atoms with Crippen LogP contribution in [-0.4, -0.2) is 41.0 Å². The molecule has 98 valence electrons. The van der Waals surface area contributed by atoms with Crippen molar-refractivity contribution in [2.45, 2.75) is 6.42 Å². The molecule has 0 spiro atoms. The molecular weight excluding hydrogens is 243 g/mol. The second-order valence-corrected chi connectivity index (χ2v) is 3.72. The average molecular weight is 256 g/mol. The molecule has 0 radical (unpaired) electrons. The van der Waals surface area contributed by atoms with Crippen LogP contribution in [0.5, 0.6) is 0 Å². The third-order valence-corrected chi connectivity index (χ3v) is 2.39. The molecule has 0 aliphatic carbocycles. The highest BCUT2D eigenvalue weighted by molar-refractivity contribution is 5.97. The maximum absolute atomic E-state index is 12.9. The normalized spacial score (nSPS) is 10.2. The van der Waals surface area contributed by atoms with Crippen LogP contribution in [-0.2, 0) is 0 Å². The summed E-state index contributed by atoms with van der Waals surface area (Å²) in [5, 5.41) is 19.4. The second-order valence-electron chi connectivity index (χ2n) is 3.72. The molecule has 0 saturated carbocycles. The fourth-order valence-electron chi connectivity index (χ4n) is 1.45. The van der Waals surface area contributed by atoms with E-state index in [4.69, 9.17) is 5.11 Å². The highest BCUT2D eigenvalue weighted by Crippen LogP contribution is 2.21. The van der Waals surface area contributed by atoms with Gasteiger partial charge in [0.2, 0.25) is 0 Å². The number of rotatable bonds is 5. The lowest BCUT2D eigenvalue weighted by Crippen LogP contribution is -2.28. The Labute approximate surface area is 103 Å². The van der Waals surface area contributed by atoms with Crippen LogP contribution in [0.3, 0.4) is 0 Å². The summed E-state index contributed by atoms with van der Waals surface area (Å²) in [6.07, 6.45) is 0.372. The zero-order valence-corrected chi connectivity index (χ0v) is 9.80. The number of carbonyl (C=O) groups is 1. The maximum Gasteiger partial charge on any atom is 0.285 e. The van der Waals surface area contributed by atoms with Crippen LogP contribution in [0, 0.1) is 15.9 Å². The minimum Gasteiger partial charge on any atom is -0.396 e. The van der Waals surface area contributed by atoms with Crippen LogP contribution in [0.25, 0.3) is 0 Å². The van der Waals surface area contributed by atoms with Crippen molar-refractivity contribution in [2.24, 2.45) is 0 Å². The van der Waals surface area contributed by atoms with Crippen molar-refractivity contribution in [3.63, 3.8) is 0 Å². The van der Waals surface area contributed by atoms with Gasteiger partial charge < -0.3 is 10.0 Å². The number of carbonyl (C=O) groups excluding carboxylic acids is 1. The van der Waals surface area contributed by atoms with Gasteiger partial charge in [-0.25, -0.2) is 4.39 Å². The van der Waals surface area contributed by atoms with Gasteiger partial charge in [0.15, 0.2) is 0 Å². The van der Waals surface area contributed by atoms with Crippen molar-refractivity contribution in [3.05, 3.63) is 39.7 Å². The van der Waals surface area contributed by atoms with E-state index in [1.54, 1.807) is 0 Å². The predicted octanol–water partition coefficient (Wildman–Crippen LogP) is 1.19. The number of aliphatic hydroxyl groups is 1. The van der Waals surface area contributed by atoms with Crippen molar-refractivity contribution in [1.82, 2.24) is 4.90 Å². The number of nitrogens with zero attached hydrogens (tertiary/aromatic N) is 2. The van der Waals surface area contributed by atoms with Gasteiger partial charge in [-0.15, -0.1) is 0 Å². The van der Waals surface area contributed by atoms with E-state index in [1.807, 2.05) is 0 Å². The summed E-state index contributed by atoms with van der Waals surface area (Å²) in [5.41, 5.74) is -0.724. The predicted molar refractivity (Wildman–Crippen MR) is 61.7 cm³/mol. The number of nitro groups is 1. The Bertz CT molecular complexity index is 464. The standard InChI is InChI=1S/C11H13FN2O4/c1-13(5-2-6-15)11(16)9-4-3-8(12)7-10(9)14(17)18/h3-4,7,15H,2,5-6H2,1H3. The van der Waals surface area contributed by atoms with Crippen molar-refractivity contribution in [3.8, 4) is 0 Å². The fourth-order valence-corrected chi connectivity index (χ4v) is 1.45. The summed E-state index contributed by atoms with van der Waals surface area (Å²) >= 11 is 0. The number of hydrogen-bond acceptors (Lipinski definition) is 4. The number of benzene rings is 1. The zero-order valence-electron chi connectivity index (χ0n) is 9.80. The first-order chi connectivity index (χ1) is 8.47. The molecule has 1 rings (SSSR count). The Kier molecular flexibility index (Phi) is 4.73. The molecule has 0 aromatic heterocycles. The summed E-state index contributed by atoms with van der Waals surface area (Å²) in [6, 6.07) is 2.80. The third-order valence-electron chi connectivity index (χ3n) is 2.39. The summed E-state index contributed by atoms with van der Waals surface area (Å²) in [5.74, 6) is -1.34.